The molecule has 33 heavy (non-hydrogen) atoms. The van der Waals surface area contributed by atoms with Gasteiger partial charge in [-0.3, -0.25) is 4.57 Å². The molecule has 0 amide bonds. The van der Waals surface area contributed by atoms with E-state index in [9.17, 15) is 4.39 Å². The Balaban J connectivity index is 1.39. The predicted molar refractivity (Wildman–Crippen MR) is 126 cm³/mol. The van der Waals surface area contributed by atoms with Crippen molar-refractivity contribution in [1.82, 2.24) is 24.9 Å². The van der Waals surface area contributed by atoms with Crippen LogP contribution in [0.4, 0.5) is 4.39 Å². The first kappa shape index (κ1) is 22.7. The normalized spacial score (nSPS) is 11.0. The molecule has 0 N–H and O–H groups in total. The van der Waals surface area contributed by atoms with Crippen molar-refractivity contribution in [2.75, 3.05) is 12.9 Å². The summed E-state index contributed by atoms with van der Waals surface area (Å²) in [7, 11) is 1.64. The van der Waals surface area contributed by atoms with E-state index in [-0.39, 0.29) is 5.82 Å². The maximum atomic E-state index is 13.8. The van der Waals surface area contributed by atoms with Crippen LogP contribution in [0.15, 0.2) is 64.8 Å². The number of hydrogen-bond acceptors (Lipinski definition) is 7. The van der Waals surface area contributed by atoms with Gasteiger partial charge in [0.15, 0.2) is 11.0 Å². The molecule has 0 radical (unpaired) electrons. The second-order valence-corrected chi connectivity index (χ2v) is 8.40. The monoisotopic (exact) mass is 465 g/mol. The van der Waals surface area contributed by atoms with Crippen molar-refractivity contribution in [2.45, 2.75) is 31.5 Å². The molecule has 4 rings (SSSR count). The summed E-state index contributed by atoms with van der Waals surface area (Å²) in [4.78, 5) is 4.39. The lowest BCUT2D eigenvalue weighted by atomic mass is 10.1. The zero-order chi connectivity index (χ0) is 23.2. The van der Waals surface area contributed by atoms with E-state index in [0.717, 1.165) is 34.5 Å². The summed E-state index contributed by atoms with van der Waals surface area (Å²) < 4.78 is 26.6. The second kappa shape index (κ2) is 10.4. The number of nitrogens with zero attached hydrogens (tertiary/aromatic N) is 5. The van der Waals surface area contributed by atoms with Crippen LogP contribution in [0.2, 0.25) is 0 Å². The minimum atomic E-state index is -0.286. The van der Waals surface area contributed by atoms with Crippen LogP contribution in [0.1, 0.15) is 17.9 Å². The maximum absolute atomic E-state index is 13.8. The number of thioether (sulfide) groups is 1. The Bertz CT molecular complexity index is 1250. The minimum absolute atomic E-state index is 0.286. The molecule has 4 aromatic rings. The average molecular weight is 466 g/mol. The molecule has 0 bridgehead atoms. The summed E-state index contributed by atoms with van der Waals surface area (Å²) in [5, 5.41) is 13.5. The molecule has 0 saturated carbocycles. The van der Waals surface area contributed by atoms with E-state index in [1.54, 1.807) is 37.9 Å². The molecule has 0 spiro atoms. The van der Waals surface area contributed by atoms with Gasteiger partial charge in [0.05, 0.1) is 12.7 Å². The molecular weight excluding hydrogens is 441 g/mol. The Labute approximate surface area is 195 Å². The zero-order valence-corrected chi connectivity index (χ0v) is 19.3. The minimum Gasteiger partial charge on any atom is -0.496 e. The number of halogens is 1. The number of aromatic nitrogens is 5. The van der Waals surface area contributed by atoms with Crippen LogP contribution in [-0.2, 0) is 13.0 Å². The lowest BCUT2D eigenvalue weighted by molar-refractivity contribution is 0.378. The van der Waals surface area contributed by atoms with E-state index < -0.39 is 0 Å². The van der Waals surface area contributed by atoms with Crippen molar-refractivity contribution in [2.24, 2.45) is 0 Å². The standard InChI is InChI=1S/C24H24FN5O2S/c1-4-13-30-23(18-8-5-6-9-20(18)31-3)27-28-24(30)33-14-7-10-21-26-22(29-32-21)17-12-11-16(2)19(25)15-17/h4-6,8-9,11-12,15H,1,7,10,13-14H2,2-3H3. The summed E-state index contributed by atoms with van der Waals surface area (Å²) >= 11 is 1.60. The van der Waals surface area contributed by atoms with E-state index in [1.165, 1.54) is 6.07 Å². The number of rotatable bonds is 10. The lowest BCUT2D eigenvalue weighted by Gasteiger charge is -2.10. The van der Waals surface area contributed by atoms with Gasteiger partial charge in [0.25, 0.3) is 0 Å². The Morgan fingerprint density at radius 1 is 1.21 bits per heavy atom. The number of hydrogen-bond donors (Lipinski definition) is 0. The van der Waals surface area contributed by atoms with Crippen molar-refractivity contribution in [3.63, 3.8) is 0 Å². The summed E-state index contributed by atoms with van der Waals surface area (Å²) in [5.74, 6) is 2.90. The van der Waals surface area contributed by atoms with Crippen molar-refractivity contribution in [1.29, 1.82) is 0 Å². The Morgan fingerprint density at radius 3 is 2.85 bits per heavy atom. The van der Waals surface area contributed by atoms with Crippen LogP contribution in [0.25, 0.3) is 22.8 Å². The van der Waals surface area contributed by atoms with Gasteiger partial charge in [0.1, 0.15) is 11.6 Å². The van der Waals surface area contributed by atoms with Gasteiger partial charge in [0.2, 0.25) is 11.7 Å². The summed E-state index contributed by atoms with van der Waals surface area (Å²) in [6.07, 6.45) is 3.24. The molecule has 0 saturated heterocycles. The smallest absolute Gasteiger partial charge is 0.226 e. The van der Waals surface area contributed by atoms with Crippen molar-refractivity contribution in [3.05, 3.63) is 72.4 Å². The quantitative estimate of drug-likeness (QED) is 0.177. The van der Waals surface area contributed by atoms with Crippen LogP contribution in [-0.4, -0.2) is 37.8 Å². The van der Waals surface area contributed by atoms with E-state index in [4.69, 9.17) is 9.26 Å². The summed E-state index contributed by atoms with van der Waals surface area (Å²) in [6.45, 7) is 6.16. The molecule has 0 aliphatic heterocycles. The molecule has 0 aliphatic rings. The number of allylic oxidation sites excluding steroid dienone is 1. The van der Waals surface area contributed by atoms with Crippen molar-refractivity contribution >= 4 is 11.8 Å². The molecule has 2 heterocycles. The highest BCUT2D eigenvalue weighted by atomic mass is 32.2. The molecule has 0 fully saturated rings. The van der Waals surface area contributed by atoms with Gasteiger partial charge in [0, 0.05) is 24.3 Å². The van der Waals surface area contributed by atoms with Crippen LogP contribution in [0.5, 0.6) is 5.75 Å². The van der Waals surface area contributed by atoms with Gasteiger partial charge in [-0.2, -0.15) is 4.98 Å². The highest BCUT2D eigenvalue weighted by Crippen LogP contribution is 2.31. The molecule has 170 valence electrons. The lowest BCUT2D eigenvalue weighted by Crippen LogP contribution is -2.02. The first-order valence-electron chi connectivity index (χ1n) is 10.5. The first-order chi connectivity index (χ1) is 16.1. The predicted octanol–water partition coefficient (Wildman–Crippen LogP) is 5.36. The van der Waals surface area contributed by atoms with E-state index in [0.29, 0.717) is 35.8 Å². The number of methoxy groups -OCH3 is 1. The fraction of sp³-hybridized carbons (Fsp3) is 0.250. The molecule has 0 atom stereocenters. The van der Waals surface area contributed by atoms with E-state index in [2.05, 4.69) is 26.9 Å². The Morgan fingerprint density at radius 2 is 2.06 bits per heavy atom. The molecule has 0 aliphatic carbocycles. The fourth-order valence-corrected chi connectivity index (χ4v) is 4.20. The van der Waals surface area contributed by atoms with Crippen LogP contribution >= 0.6 is 11.8 Å². The Kier molecular flexibility index (Phi) is 7.19. The second-order valence-electron chi connectivity index (χ2n) is 7.33. The van der Waals surface area contributed by atoms with Gasteiger partial charge in [-0.15, -0.1) is 16.8 Å². The number of aryl methyl sites for hydroxylation is 2. The van der Waals surface area contributed by atoms with Crippen LogP contribution in [0, 0.1) is 12.7 Å². The van der Waals surface area contributed by atoms with Gasteiger partial charge < -0.3 is 9.26 Å². The third-order valence-electron chi connectivity index (χ3n) is 5.04. The molecular formula is C24H24FN5O2S. The van der Waals surface area contributed by atoms with Crippen LogP contribution in [0.3, 0.4) is 0 Å². The van der Waals surface area contributed by atoms with Crippen molar-refractivity contribution < 1.29 is 13.7 Å². The van der Waals surface area contributed by atoms with Gasteiger partial charge >= 0.3 is 0 Å². The van der Waals surface area contributed by atoms with E-state index in [1.807, 2.05) is 34.9 Å². The highest BCUT2D eigenvalue weighted by Gasteiger charge is 2.17. The zero-order valence-electron chi connectivity index (χ0n) is 18.5. The molecule has 2 aromatic heterocycles. The highest BCUT2D eigenvalue weighted by molar-refractivity contribution is 7.99. The van der Waals surface area contributed by atoms with Gasteiger partial charge in [-0.25, -0.2) is 4.39 Å². The maximum Gasteiger partial charge on any atom is 0.226 e. The SMILES string of the molecule is C=CCn1c(SCCCc2nc(-c3ccc(C)c(F)c3)no2)nnc1-c1ccccc1OC. The summed E-state index contributed by atoms with van der Waals surface area (Å²) in [6, 6.07) is 12.6. The van der Waals surface area contributed by atoms with Crippen molar-refractivity contribution in [3.8, 4) is 28.5 Å². The first-order valence-corrected chi connectivity index (χ1v) is 11.5. The number of benzene rings is 2. The molecule has 0 unspecified atom stereocenters. The fourth-order valence-electron chi connectivity index (χ4n) is 3.31. The van der Waals surface area contributed by atoms with Gasteiger partial charge in [-0.1, -0.05) is 47.3 Å². The Hall–Kier alpha value is -3.46. The topological polar surface area (TPSA) is 78.9 Å². The van der Waals surface area contributed by atoms with E-state index >= 15 is 0 Å². The molecule has 2 aromatic carbocycles. The average Bonchev–Trinajstić information content (AvgIpc) is 3.46. The van der Waals surface area contributed by atoms with Gasteiger partial charge in [-0.05, 0) is 37.1 Å². The third kappa shape index (κ3) is 5.14. The summed E-state index contributed by atoms with van der Waals surface area (Å²) in [5.41, 5.74) is 2.06. The largest absolute Gasteiger partial charge is 0.496 e. The number of para-hydroxylation sites is 1. The molecule has 9 heteroatoms. The number of ether oxygens (including phenoxy) is 1. The third-order valence-corrected chi connectivity index (χ3v) is 6.09. The van der Waals surface area contributed by atoms with Crippen LogP contribution < -0.4 is 4.74 Å². The molecule has 7 nitrogen and oxygen atoms in total.